The van der Waals surface area contributed by atoms with E-state index in [1.165, 1.54) is 30.0 Å². The highest BCUT2D eigenvalue weighted by Crippen LogP contribution is 2.37. The van der Waals surface area contributed by atoms with Crippen molar-refractivity contribution in [3.05, 3.63) is 40.9 Å². The molecule has 0 amide bonds. The van der Waals surface area contributed by atoms with E-state index in [1.807, 2.05) is 0 Å². The van der Waals surface area contributed by atoms with Crippen LogP contribution in [0.4, 0.5) is 5.69 Å². The number of nitrogens with one attached hydrogen (secondary N) is 1. The summed E-state index contributed by atoms with van der Waals surface area (Å²) in [6.45, 7) is 1.14. The lowest BCUT2D eigenvalue weighted by atomic mass is 9.74. The third kappa shape index (κ3) is 3.09. The molecule has 0 bridgehead atoms. The average Bonchev–Trinajstić information content (AvgIpc) is 2.55. The van der Waals surface area contributed by atoms with Gasteiger partial charge in [-0.05, 0) is 30.4 Å². The molecule has 3 rings (SSSR count). The highest BCUT2D eigenvalue weighted by Gasteiger charge is 2.31. The van der Waals surface area contributed by atoms with Gasteiger partial charge < -0.3 is 10.4 Å². The Bertz CT molecular complexity index is 620. The number of halogens is 1. The summed E-state index contributed by atoms with van der Waals surface area (Å²) >= 11 is 3.62. The molecule has 0 unspecified atom stereocenters. The monoisotopic (exact) mass is 347 g/mol. The van der Waals surface area contributed by atoms with Crippen molar-refractivity contribution >= 4 is 32.4 Å². The molecule has 0 spiro atoms. The van der Waals surface area contributed by atoms with Crippen molar-refractivity contribution in [3.8, 4) is 0 Å². The molecule has 21 heavy (non-hydrogen) atoms. The van der Waals surface area contributed by atoms with Crippen LogP contribution in [0.2, 0.25) is 0 Å². The lowest BCUT2D eigenvalue weighted by Gasteiger charge is -2.36. The molecule has 0 radical (unpaired) electrons. The van der Waals surface area contributed by atoms with Gasteiger partial charge in [-0.1, -0.05) is 59.5 Å². The van der Waals surface area contributed by atoms with Gasteiger partial charge in [-0.2, -0.15) is 0 Å². The van der Waals surface area contributed by atoms with Crippen molar-refractivity contribution in [2.24, 2.45) is 5.41 Å². The fraction of sp³-hybridized carbons (Fsp3) is 0.444. The zero-order valence-electron chi connectivity index (χ0n) is 12.2. The Morgan fingerprint density at radius 2 is 1.71 bits per heavy atom. The summed E-state index contributed by atoms with van der Waals surface area (Å²) in [6, 6.07) is 12.6. The summed E-state index contributed by atoms with van der Waals surface area (Å²) in [5.41, 5.74) is 1.22. The molecule has 1 aliphatic carbocycles. The molecule has 2 aromatic carbocycles. The molecule has 2 N–H and O–H groups in total. The topological polar surface area (TPSA) is 32.3 Å². The van der Waals surface area contributed by atoms with Crippen molar-refractivity contribution < 1.29 is 5.11 Å². The van der Waals surface area contributed by atoms with Crippen LogP contribution in [0.1, 0.15) is 32.1 Å². The quantitative estimate of drug-likeness (QED) is 0.819. The molecule has 0 saturated heterocycles. The van der Waals surface area contributed by atoms with E-state index in [4.69, 9.17) is 0 Å². The normalized spacial score (nSPS) is 17.8. The smallest absolute Gasteiger partial charge is 0.0504 e. The van der Waals surface area contributed by atoms with Crippen molar-refractivity contribution in [3.63, 3.8) is 0 Å². The number of hydrogen-bond acceptors (Lipinski definition) is 2. The van der Waals surface area contributed by atoms with Crippen molar-refractivity contribution in [2.45, 2.75) is 32.1 Å². The molecule has 112 valence electrons. The maximum absolute atomic E-state index is 9.83. The Morgan fingerprint density at radius 1 is 1.00 bits per heavy atom. The fourth-order valence-corrected chi connectivity index (χ4v) is 3.87. The van der Waals surface area contributed by atoms with Crippen LogP contribution in [0, 0.1) is 5.41 Å². The molecule has 0 atom stereocenters. The number of aliphatic hydroxyl groups is 1. The molecule has 0 aromatic heterocycles. The maximum atomic E-state index is 9.83. The van der Waals surface area contributed by atoms with Gasteiger partial charge in [0.25, 0.3) is 0 Å². The van der Waals surface area contributed by atoms with Gasteiger partial charge in [0.15, 0.2) is 0 Å². The fourth-order valence-electron chi connectivity index (χ4n) is 3.39. The minimum Gasteiger partial charge on any atom is -0.396 e. The molecule has 3 heteroatoms. The summed E-state index contributed by atoms with van der Waals surface area (Å²) in [5.74, 6) is 0. The first-order valence-electron chi connectivity index (χ1n) is 7.76. The molecule has 1 fully saturated rings. The van der Waals surface area contributed by atoms with Gasteiger partial charge in [0.1, 0.15) is 0 Å². The molecular weight excluding hydrogens is 326 g/mol. The van der Waals surface area contributed by atoms with Gasteiger partial charge in [-0.3, -0.25) is 0 Å². The van der Waals surface area contributed by atoms with Crippen LogP contribution in [-0.4, -0.2) is 18.3 Å². The highest BCUT2D eigenvalue weighted by atomic mass is 79.9. The zero-order chi connectivity index (χ0) is 14.7. The van der Waals surface area contributed by atoms with E-state index in [1.54, 1.807) is 0 Å². The van der Waals surface area contributed by atoms with E-state index in [0.717, 1.165) is 29.5 Å². The summed E-state index contributed by atoms with van der Waals surface area (Å²) in [4.78, 5) is 0. The third-order valence-corrected chi connectivity index (χ3v) is 5.47. The van der Waals surface area contributed by atoms with Gasteiger partial charge in [0, 0.05) is 27.5 Å². The van der Waals surface area contributed by atoms with Gasteiger partial charge in [-0.25, -0.2) is 0 Å². The Morgan fingerprint density at radius 3 is 2.43 bits per heavy atom. The molecule has 0 aliphatic heterocycles. The van der Waals surface area contributed by atoms with E-state index in [0.29, 0.717) is 0 Å². The number of anilines is 1. The first-order chi connectivity index (χ1) is 10.2. The number of benzene rings is 2. The summed E-state index contributed by atoms with van der Waals surface area (Å²) in [6.07, 6.45) is 6.05. The van der Waals surface area contributed by atoms with E-state index >= 15 is 0 Å². The third-order valence-electron chi connectivity index (χ3n) is 4.77. The van der Waals surface area contributed by atoms with Gasteiger partial charge in [-0.15, -0.1) is 0 Å². The zero-order valence-corrected chi connectivity index (χ0v) is 13.8. The van der Waals surface area contributed by atoms with Crippen molar-refractivity contribution in [1.82, 2.24) is 0 Å². The summed E-state index contributed by atoms with van der Waals surface area (Å²) < 4.78 is 1.12. The molecule has 2 aromatic rings. The predicted octanol–water partition coefficient (Wildman–Crippen LogP) is 4.96. The Hall–Kier alpha value is -1.06. The molecular formula is C18H22BrNO. The van der Waals surface area contributed by atoms with Crippen LogP contribution >= 0.6 is 15.9 Å². The summed E-state index contributed by atoms with van der Waals surface area (Å²) in [7, 11) is 0. The van der Waals surface area contributed by atoms with Crippen LogP contribution in [0.5, 0.6) is 0 Å². The Balaban J connectivity index is 1.83. The highest BCUT2D eigenvalue weighted by molar-refractivity contribution is 9.10. The lowest BCUT2D eigenvalue weighted by Crippen LogP contribution is -2.35. The number of rotatable bonds is 4. The molecule has 1 saturated carbocycles. The first-order valence-corrected chi connectivity index (χ1v) is 8.55. The SMILES string of the molecule is OCC1(CNc2ccc(Br)c3ccccc23)CCCCC1. The number of aliphatic hydroxyl groups excluding tert-OH is 1. The second-order valence-electron chi connectivity index (χ2n) is 6.21. The van der Waals surface area contributed by atoms with Crippen LogP contribution in [0.3, 0.4) is 0 Å². The van der Waals surface area contributed by atoms with E-state index in [2.05, 4.69) is 57.6 Å². The van der Waals surface area contributed by atoms with E-state index in [-0.39, 0.29) is 12.0 Å². The van der Waals surface area contributed by atoms with Crippen molar-refractivity contribution in [1.29, 1.82) is 0 Å². The van der Waals surface area contributed by atoms with Crippen molar-refractivity contribution in [2.75, 3.05) is 18.5 Å². The van der Waals surface area contributed by atoms with Gasteiger partial charge >= 0.3 is 0 Å². The number of fused-ring (bicyclic) bond motifs is 1. The minimum atomic E-state index is 0.0619. The summed E-state index contributed by atoms with van der Waals surface area (Å²) in [5, 5.41) is 15.9. The Labute approximate surface area is 134 Å². The average molecular weight is 348 g/mol. The number of hydrogen-bond donors (Lipinski definition) is 2. The first kappa shape index (κ1) is 14.9. The van der Waals surface area contributed by atoms with E-state index in [9.17, 15) is 5.11 Å². The van der Waals surface area contributed by atoms with Gasteiger partial charge in [0.2, 0.25) is 0 Å². The van der Waals surface area contributed by atoms with Gasteiger partial charge in [0.05, 0.1) is 6.61 Å². The van der Waals surface area contributed by atoms with Crippen LogP contribution in [0.15, 0.2) is 40.9 Å². The predicted molar refractivity (Wildman–Crippen MR) is 92.7 cm³/mol. The lowest BCUT2D eigenvalue weighted by molar-refractivity contribution is 0.0944. The second kappa shape index (κ2) is 6.37. The Kier molecular flexibility index (Phi) is 4.51. The van der Waals surface area contributed by atoms with Crippen LogP contribution in [0.25, 0.3) is 10.8 Å². The van der Waals surface area contributed by atoms with Crippen LogP contribution in [-0.2, 0) is 0 Å². The van der Waals surface area contributed by atoms with Crippen LogP contribution < -0.4 is 5.32 Å². The standard InChI is InChI=1S/C18H22BrNO/c19-16-8-9-17(15-7-3-2-6-14(15)16)20-12-18(13-21)10-4-1-5-11-18/h2-3,6-9,20-21H,1,4-5,10-13H2. The maximum Gasteiger partial charge on any atom is 0.0504 e. The van der Waals surface area contributed by atoms with E-state index < -0.39 is 0 Å². The molecule has 0 heterocycles. The second-order valence-corrected chi connectivity index (χ2v) is 7.07. The molecule has 2 nitrogen and oxygen atoms in total. The minimum absolute atomic E-state index is 0.0619. The molecule has 1 aliphatic rings. The largest absolute Gasteiger partial charge is 0.396 e.